The van der Waals surface area contributed by atoms with E-state index in [1.807, 2.05) is 0 Å². The van der Waals surface area contributed by atoms with Gasteiger partial charge in [0.2, 0.25) is 5.91 Å². The molecule has 0 saturated carbocycles. The zero-order chi connectivity index (χ0) is 11.0. The average molecular weight is 202 g/mol. The number of ether oxygens (including phenoxy) is 1. The summed E-state index contributed by atoms with van der Waals surface area (Å²) in [5, 5.41) is 2.48. The fourth-order valence-electron chi connectivity index (χ4n) is 0.927. The molecule has 0 saturated heterocycles. The molecule has 0 rings (SSSR count). The first-order valence-corrected chi connectivity index (χ1v) is 4.75. The van der Waals surface area contributed by atoms with Crippen LogP contribution in [0.3, 0.4) is 0 Å². The normalized spacial score (nSPS) is 11.9. The quantitative estimate of drug-likeness (QED) is 0.577. The maximum absolute atomic E-state index is 11.3. The number of esters is 1. The molecule has 0 fully saturated rings. The summed E-state index contributed by atoms with van der Waals surface area (Å²) < 4.78 is 4.65. The molecular formula is C9H18N2O3. The van der Waals surface area contributed by atoms with Crippen molar-refractivity contribution in [3.05, 3.63) is 0 Å². The Labute approximate surface area is 84.0 Å². The summed E-state index contributed by atoms with van der Waals surface area (Å²) in [6.07, 6.45) is 0.620. The third-order valence-electron chi connectivity index (χ3n) is 1.76. The maximum Gasteiger partial charge on any atom is 0.325 e. The molecule has 1 atom stereocenters. The number of nitrogens with one attached hydrogen (secondary N) is 1. The predicted molar refractivity (Wildman–Crippen MR) is 52.5 cm³/mol. The van der Waals surface area contributed by atoms with Crippen molar-refractivity contribution < 1.29 is 14.3 Å². The van der Waals surface area contributed by atoms with Crippen LogP contribution >= 0.6 is 0 Å². The van der Waals surface area contributed by atoms with E-state index < -0.39 is 5.97 Å². The number of carbonyl (C=O) groups excluding carboxylic acids is 2. The van der Waals surface area contributed by atoms with Gasteiger partial charge in [-0.3, -0.25) is 9.59 Å². The van der Waals surface area contributed by atoms with Gasteiger partial charge < -0.3 is 15.8 Å². The van der Waals surface area contributed by atoms with Gasteiger partial charge in [0, 0.05) is 5.92 Å². The van der Waals surface area contributed by atoms with Crippen molar-refractivity contribution in [2.45, 2.75) is 20.3 Å². The van der Waals surface area contributed by atoms with Gasteiger partial charge in [-0.25, -0.2) is 0 Å². The lowest BCUT2D eigenvalue weighted by Crippen LogP contribution is -2.35. The Morgan fingerprint density at radius 1 is 1.50 bits per heavy atom. The van der Waals surface area contributed by atoms with Crippen LogP contribution in [0.5, 0.6) is 0 Å². The second kappa shape index (κ2) is 7.32. The van der Waals surface area contributed by atoms with E-state index in [1.165, 1.54) is 0 Å². The number of hydrogen-bond donors (Lipinski definition) is 2. The van der Waals surface area contributed by atoms with Crippen molar-refractivity contribution in [1.82, 2.24) is 5.32 Å². The summed E-state index contributed by atoms with van der Waals surface area (Å²) >= 11 is 0. The molecule has 0 radical (unpaired) electrons. The molecule has 0 spiro atoms. The van der Waals surface area contributed by atoms with Crippen LogP contribution in [-0.4, -0.2) is 31.6 Å². The van der Waals surface area contributed by atoms with Crippen molar-refractivity contribution in [2.75, 3.05) is 19.7 Å². The number of carbonyl (C=O) groups is 2. The first-order valence-electron chi connectivity index (χ1n) is 4.75. The summed E-state index contributed by atoms with van der Waals surface area (Å²) in [4.78, 5) is 22.1. The standard InChI is InChI=1S/C9H18N2O3/c1-3-14-8(12)6-11-9(13)7(2)4-5-10/h7H,3-6,10H2,1-2H3,(H,11,13). The SMILES string of the molecule is CCOC(=O)CNC(=O)C(C)CCN. The molecule has 0 aliphatic heterocycles. The van der Waals surface area contributed by atoms with Crippen molar-refractivity contribution in [3.8, 4) is 0 Å². The average Bonchev–Trinajstić information content (AvgIpc) is 2.15. The molecule has 14 heavy (non-hydrogen) atoms. The molecule has 0 bridgehead atoms. The van der Waals surface area contributed by atoms with E-state index in [1.54, 1.807) is 13.8 Å². The largest absolute Gasteiger partial charge is 0.465 e. The zero-order valence-electron chi connectivity index (χ0n) is 8.71. The van der Waals surface area contributed by atoms with Crippen LogP contribution in [0, 0.1) is 5.92 Å². The van der Waals surface area contributed by atoms with Crippen LogP contribution in [0.15, 0.2) is 0 Å². The van der Waals surface area contributed by atoms with Crippen LogP contribution in [0.2, 0.25) is 0 Å². The molecule has 82 valence electrons. The Balaban J connectivity index is 3.67. The van der Waals surface area contributed by atoms with Crippen molar-refractivity contribution in [3.63, 3.8) is 0 Å². The molecule has 0 aromatic carbocycles. The van der Waals surface area contributed by atoms with Gasteiger partial charge in [-0.1, -0.05) is 6.92 Å². The highest BCUT2D eigenvalue weighted by atomic mass is 16.5. The van der Waals surface area contributed by atoms with Gasteiger partial charge in [0.25, 0.3) is 0 Å². The topological polar surface area (TPSA) is 81.4 Å². The summed E-state index contributed by atoms with van der Waals surface area (Å²) in [6.45, 7) is 4.22. The van der Waals surface area contributed by atoms with Crippen LogP contribution in [0.4, 0.5) is 0 Å². The fourth-order valence-corrected chi connectivity index (χ4v) is 0.927. The van der Waals surface area contributed by atoms with Crippen molar-refractivity contribution >= 4 is 11.9 Å². The predicted octanol–water partition coefficient (Wildman–Crippen LogP) is -0.349. The summed E-state index contributed by atoms with van der Waals surface area (Å²) in [5.41, 5.74) is 5.30. The molecule has 0 aromatic heterocycles. The van der Waals surface area contributed by atoms with Crippen LogP contribution in [-0.2, 0) is 14.3 Å². The zero-order valence-corrected chi connectivity index (χ0v) is 8.71. The van der Waals surface area contributed by atoms with E-state index in [0.29, 0.717) is 19.6 Å². The van der Waals surface area contributed by atoms with Gasteiger partial charge in [0.1, 0.15) is 6.54 Å². The Bertz CT molecular complexity index is 194. The lowest BCUT2D eigenvalue weighted by atomic mass is 10.1. The molecule has 5 nitrogen and oxygen atoms in total. The van der Waals surface area contributed by atoms with Gasteiger partial charge in [0.05, 0.1) is 6.61 Å². The van der Waals surface area contributed by atoms with Gasteiger partial charge in [0.15, 0.2) is 0 Å². The molecule has 0 heterocycles. The number of hydrogen-bond acceptors (Lipinski definition) is 4. The van der Waals surface area contributed by atoms with Crippen LogP contribution < -0.4 is 11.1 Å². The highest BCUT2D eigenvalue weighted by Crippen LogP contribution is 1.98. The van der Waals surface area contributed by atoms with E-state index in [4.69, 9.17) is 5.73 Å². The number of rotatable bonds is 6. The number of nitrogens with two attached hydrogens (primary N) is 1. The molecule has 5 heteroatoms. The van der Waals surface area contributed by atoms with Crippen LogP contribution in [0.25, 0.3) is 0 Å². The molecule has 0 aliphatic rings. The lowest BCUT2D eigenvalue weighted by molar-refractivity contribution is -0.143. The minimum absolute atomic E-state index is 0.0679. The maximum atomic E-state index is 11.3. The Kier molecular flexibility index (Phi) is 6.74. The minimum Gasteiger partial charge on any atom is -0.465 e. The molecule has 0 aromatic rings. The lowest BCUT2D eigenvalue weighted by Gasteiger charge is -2.10. The number of amides is 1. The second-order valence-electron chi connectivity index (χ2n) is 3.00. The van der Waals surface area contributed by atoms with E-state index in [0.717, 1.165) is 0 Å². The third-order valence-corrected chi connectivity index (χ3v) is 1.76. The molecule has 1 amide bonds. The highest BCUT2D eigenvalue weighted by molar-refractivity contribution is 5.83. The monoisotopic (exact) mass is 202 g/mol. The fraction of sp³-hybridized carbons (Fsp3) is 0.778. The highest BCUT2D eigenvalue weighted by Gasteiger charge is 2.12. The first kappa shape index (κ1) is 12.9. The summed E-state index contributed by atoms with van der Waals surface area (Å²) in [5.74, 6) is -0.737. The first-order chi connectivity index (χ1) is 6.61. The van der Waals surface area contributed by atoms with E-state index >= 15 is 0 Å². The molecule has 1 unspecified atom stereocenters. The smallest absolute Gasteiger partial charge is 0.325 e. The Morgan fingerprint density at radius 3 is 2.64 bits per heavy atom. The Morgan fingerprint density at radius 2 is 2.14 bits per heavy atom. The van der Waals surface area contributed by atoms with Gasteiger partial charge in [-0.15, -0.1) is 0 Å². The van der Waals surface area contributed by atoms with Gasteiger partial charge >= 0.3 is 5.97 Å². The van der Waals surface area contributed by atoms with E-state index in [-0.39, 0.29) is 18.4 Å². The van der Waals surface area contributed by atoms with Crippen molar-refractivity contribution in [2.24, 2.45) is 11.7 Å². The minimum atomic E-state index is -0.416. The summed E-state index contributed by atoms with van der Waals surface area (Å²) in [7, 11) is 0. The molecule has 0 aliphatic carbocycles. The molecule has 3 N–H and O–H groups in total. The second-order valence-corrected chi connectivity index (χ2v) is 3.00. The van der Waals surface area contributed by atoms with E-state index in [9.17, 15) is 9.59 Å². The summed E-state index contributed by atoms with van der Waals surface area (Å²) in [6, 6.07) is 0. The van der Waals surface area contributed by atoms with E-state index in [2.05, 4.69) is 10.1 Å². The Hall–Kier alpha value is -1.10. The van der Waals surface area contributed by atoms with Crippen molar-refractivity contribution in [1.29, 1.82) is 0 Å². The van der Waals surface area contributed by atoms with Gasteiger partial charge in [-0.2, -0.15) is 0 Å². The third kappa shape index (κ3) is 5.53. The molecular weight excluding hydrogens is 184 g/mol. The van der Waals surface area contributed by atoms with Crippen LogP contribution in [0.1, 0.15) is 20.3 Å². The van der Waals surface area contributed by atoms with Gasteiger partial charge in [-0.05, 0) is 19.9 Å².